The van der Waals surface area contributed by atoms with Gasteiger partial charge in [-0.15, -0.1) is 0 Å². The molecule has 0 saturated carbocycles. The molecule has 33 heavy (non-hydrogen) atoms. The van der Waals surface area contributed by atoms with E-state index in [0.717, 1.165) is 21.8 Å². The van der Waals surface area contributed by atoms with Gasteiger partial charge in [-0.05, 0) is 83.6 Å². The number of halogens is 3. The van der Waals surface area contributed by atoms with Crippen molar-refractivity contribution in [3.05, 3.63) is 80.4 Å². The quantitative estimate of drug-likeness (QED) is 0.319. The molecule has 3 aromatic carbocycles. The third-order valence-electron chi connectivity index (χ3n) is 4.57. The highest BCUT2D eigenvalue weighted by Gasteiger charge is 2.26. The van der Waals surface area contributed by atoms with Gasteiger partial charge >= 0.3 is 5.97 Å². The molecule has 3 rings (SSSR count). The van der Waals surface area contributed by atoms with Crippen LogP contribution in [0.15, 0.2) is 53.4 Å². The van der Waals surface area contributed by atoms with Gasteiger partial charge < -0.3 is 15.7 Å². The smallest absolute Gasteiger partial charge is 0.337 e. The number of sulfonamides is 1. The Hall–Kier alpha value is -3.10. The van der Waals surface area contributed by atoms with Gasteiger partial charge in [-0.3, -0.25) is 4.79 Å². The number of carbonyl (C=O) groups is 2. The van der Waals surface area contributed by atoms with Crippen molar-refractivity contribution in [2.24, 2.45) is 5.14 Å². The SMILES string of the molecule is Cc1cc(I)ccc1Nc1c(C(=O)O)cc(C(=O)Nc2ccc(S(N)(=O)=O)cc2)c(F)c1F. The number of hydrogen-bond donors (Lipinski definition) is 4. The third kappa shape index (κ3) is 5.46. The Bertz CT molecular complexity index is 1380. The zero-order valence-electron chi connectivity index (χ0n) is 16.8. The van der Waals surface area contributed by atoms with Gasteiger partial charge in [-0.2, -0.15) is 0 Å². The van der Waals surface area contributed by atoms with E-state index >= 15 is 0 Å². The molecule has 0 unspecified atom stereocenters. The first-order chi connectivity index (χ1) is 15.4. The predicted molar refractivity (Wildman–Crippen MR) is 126 cm³/mol. The van der Waals surface area contributed by atoms with Gasteiger partial charge in [0.25, 0.3) is 5.91 Å². The van der Waals surface area contributed by atoms with Crippen LogP contribution in [0.2, 0.25) is 0 Å². The van der Waals surface area contributed by atoms with E-state index in [1.54, 1.807) is 25.1 Å². The number of anilines is 3. The Labute approximate surface area is 201 Å². The van der Waals surface area contributed by atoms with E-state index in [9.17, 15) is 31.9 Å². The van der Waals surface area contributed by atoms with Crippen LogP contribution in [0.25, 0.3) is 0 Å². The number of carboxylic acid groups (broad SMARTS) is 1. The Morgan fingerprint density at radius 3 is 2.18 bits per heavy atom. The topological polar surface area (TPSA) is 139 Å². The van der Waals surface area contributed by atoms with E-state index in [1.165, 1.54) is 12.1 Å². The zero-order valence-corrected chi connectivity index (χ0v) is 19.8. The number of rotatable bonds is 6. The van der Waals surface area contributed by atoms with Crippen molar-refractivity contribution in [1.29, 1.82) is 0 Å². The van der Waals surface area contributed by atoms with Crippen LogP contribution < -0.4 is 15.8 Å². The van der Waals surface area contributed by atoms with E-state index < -0.39 is 50.3 Å². The maximum absolute atomic E-state index is 14.9. The van der Waals surface area contributed by atoms with Crippen molar-refractivity contribution < 1.29 is 31.9 Å². The van der Waals surface area contributed by atoms with Gasteiger partial charge in [0.2, 0.25) is 10.0 Å². The minimum Gasteiger partial charge on any atom is -0.478 e. The van der Waals surface area contributed by atoms with Crippen molar-refractivity contribution in [2.75, 3.05) is 10.6 Å². The van der Waals surface area contributed by atoms with Gasteiger partial charge in [0, 0.05) is 14.9 Å². The lowest BCUT2D eigenvalue weighted by atomic mass is 10.0. The average molecular weight is 587 g/mol. The number of amides is 1. The molecule has 0 heterocycles. The number of nitrogens with one attached hydrogen (secondary N) is 2. The molecule has 0 radical (unpaired) electrons. The molecule has 8 nitrogen and oxygen atoms in total. The molecule has 0 atom stereocenters. The molecule has 0 saturated heterocycles. The van der Waals surface area contributed by atoms with Crippen LogP contribution in [0.5, 0.6) is 0 Å². The van der Waals surface area contributed by atoms with Crippen LogP contribution in [0.4, 0.5) is 25.8 Å². The number of nitrogens with two attached hydrogens (primary N) is 1. The van der Waals surface area contributed by atoms with Crippen molar-refractivity contribution in [2.45, 2.75) is 11.8 Å². The molecular formula is C21H16F2IN3O5S. The normalized spacial score (nSPS) is 11.2. The minimum atomic E-state index is -3.96. The molecule has 0 spiro atoms. The summed E-state index contributed by atoms with van der Waals surface area (Å²) in [5.41, 5.74) is -1.03. The Balaban J connectivity index is 1.98. The van der Waals surface area contributed by atoms with Crippen LogP contribution in [-0.2, 0) is 10.0 Å². The molecule has 0 aliphatic carbocycles. The maximum Gasteiger partial charge on any atom is 0.337 e. The lowest BCUT2D eigenvalue weighted by molar-refractivity contribution is 0.0697. The molecule has 0 bridgehead atoms. The Morgan fingerprint density at radius 1 is 1.00 bits per heavy atom. The van der Waals surface area contributed by atoms with Crippen molar-refractivity contribution in [3.8, 4) is 0 Å². The van der Waals surface area contributed by atoms with Gasteiger partial charge in [0.05, 0.1) is 21.7 Å². The summed E-state index contributed by atoms with van der Waals surface area (Å²) in [6, 6.07) is 10.4. The Morgan fingerprint density at radius 2 is 1.64 bits per heavy atom. The summed E-state index contributed by atoms with van der Waals surface area (Å²) in [7, 11) is -3.96. The molecule has 12 heteroatoms. The molecule has 0 fully saturated rings. The summed E-state index contributed by atoms with van der Waals surface area (Å²) in [4.78, 5) is 24.1. The average Bonchev–Trinajstić information content (AvgIpc) is 2.72. The van der Waals surface area contributed by atoms with E-state index in [0.29, 0.717) is 11.3 Å². The molecule has 0 aromatic heterocycles. The van der Waals surface area contributed by atoms with E-state index in [4.69, 9.17) is 5.14 Å². The molecule has 3 aromatic rings. The number of primary sulfonamides is 1. The van der Waals surface area contributed by atoms with Crippen LogP contribution in [0, 0.1) is 22.1 Å². The van der Waals surface area contributed by atoms with Gasteiger partial charge in [0.15, 0.2) is 11.6 Å². The lowest BCUT2D eigenvalue weighted by Crippen LogP contribution is -2.18. The summed E-state index contributed by atoms with van der Waals surface area (Å²) < 4.78 is 53.2. The van der Waals surface area contributed by atoms with Crippen molar-refractivity contribution in [1.82, 2.24) is 0 Å². The highest BCUT2D eigenvalue weighted by molar-refractivity contribution is 14.1. The minimum absolute atomic E-state index is 0.0563. The summed E-state index contributed by atoms with van der Waals surface area (Å²) in [5, 5.41) is 19.4. The monoisotopic (exact) mass is 587 g/mol. The van der Waals surface area contributed by atoms with Crippen LogP contribution in [-0.4, -0.2) is 25.4 Å². The maximum atomic E-state index is 14.9. The van der Waals surface area contributed by atoms with E-state index in [2.05, 4.69) is 33.2 Å². The molecule has 5 N–H and O–H groups in total. The standard InChI is InChI=1S/C21H16F2IN3O5S/c1-10-8-11(24)2-7-16(10)27-19-15(21(29)30)9-14(17(22)18(19)23)20(28)26-12-3-5-13(6-4-12)33(25,31)32/h2-9,27H,1H3,(H,26,28)(H,29,30)(H2,25,31,32). The molecule has 0 aliphatic rings. The Kier molecular flexibility index (Phi) is 7.00. The highest BCUT2D eigenvalue weighted by atomic mass is 127. The summed E-state index contributed by atoms with van der Waals surface area (Å²) in [5.74, 6) is -5.80. The van der Waals surface area contributed by atoms with Gasteiger partial charge in [-0.1, -0.05) is 0 Å². The van der Waals surface area contributed by atoms with Crippen molar-refractivity contribution >= 4 is 61.6 Å². The molecule has 1 amide bonds. The number of hydrogen-bond acceptors (Lipinski definition) is 5. The highest BCUT2D eigenvalue weighted by Crippen LogP contribution is 2.31. The second-order valence-electron chi connectivity index (χ2n) is 6.89. The van der Waals surface area contributed by atoms with E-state index in [-0.39, 0.29) is 10.6 Å². The first kappa shape index (κ1) is 24.5. The number of carboxylic acids is 1. The van der Waals surface area contributed by atoms with Gasteiger partial charge in [-0.25, -0.2) is 27.1 Å². The molecule has 172 valence electrons. The fraction of sp³-hybridized carbons (Fsp3) is 0.0476. The fourth-order valence-electron chi connectivity index (χ4n) is 2.91. The number of carbonyl (C=O) groups excluding carboxylic acids is 1. The first-order valence-electron chi connectivity index (χ1n) is 9.11. The fourth-order valence-corrected chi connectivity index (χ4v) is 4.07. The molecule has 0 aliphatic heterocycles. The number of aromatic carboxylic acids is 1. The third-order valence-corrected chi connectivity index (χ3v) is 6.17. The van der Waals surface area contributed by atoms with Crippen LogP contribution in [0.3, 0.4) is 0 Å². The summed E-state index contributed by atoms with van der Waals surface area (Å²) >= 11 is 2.07. The van der Waals surface area contributed by atoms with E-state index in [1.807, 2.05) is 0 Å². The zero-order chi connectivity index (χ0) is 24.5. The van der Waals surface area contributed by atoms with Crippen molar-refractivity contribution in [3.63, 3.8) is 0 Å². The van der Waals surface area contributed by atoms with Crippen LogP contribution in [0.1, 0.15) is 26.3 Å². The van der Waals surface area contributed by atoms with Crippen LogP contribution >= 0.6 is 22.6 Å². The largest absolute Gasteiger partial charge is 0.478 e. The number of benzene rings is 3. The van der Waals surface area contributed by atoms with Gasteiger partial charge in [0.1, 0.15) is 0 Å². The predicted octanol–water partition coefficient (Wildman–Crippen LogP) is 4.22. The second-order valence-corrected chi connectivity index (χ2v) is 9.69. The number of aryl methyl sites for hydroxylation is 1. The summed E-state index contributed by atoms with van der Waals surface area (Å²) in [6.07, 6.45) is 0. The summed E-state index contributed by atoms with van der Waals surface area (Å²) in [6.45, 7) is 1.71. The lowest BCUT2D eigenvalue weighted by Gasteiger charge is -2.16. The molecular weight excluding hydrogens is 571 g/mol. The second kappa shape index (κ2) is 9.41. The first-order valence-corrected chi connectivity index (χ1v) is 11.7.